The number of carbonyl (C=O) groups is 4. The van der Waals surface area contributed by atoms with E-state index in [9.17, 15) is 19.2 Å². The average molecular weight is 865 g/mol. The highest BCUT2D eigenvalue weighted by atomic mass is 16.5. The van der Waals surface area contributed by atoms with E-state index in [1.54, 1.807) is 4.90 Å². The largest absolute Gasteiger partial charge is 0.457 e. The molecule has 5 aliphatic rings. The Bertz CT molecular complexity index is 2530. The van der Waals surface area contributed by atoms with Crippen molar-refractivity contribution in [3.63, 3.8) is 0 Å². The second-order valence-corrected chi connectivity index (χ2v) is 18.2. The minimum absolute atomic E-state index is 0.0385. The molecule has 3 aromatic carbocycles. The highest BCUT2D eigenvalue weighted by molar-refractivity contribution is 6.05. The topological polar surface area (TPSA) is 172 Å². The molecule has 4 saturated heterocycles. The average Bonchev–Trinajstić information content (AvgIpc) is 3.88. The smallest absolute Gasteiger partial charge is 0.320 e. The molecule has 0 saturated carbocycles. The lowest BCUT2D eigenvalue weighted by Crippen LogP contribution is -2.52. The van der Waals surface area contributed by atoms with Crippen molar-refractivity contribution in [2.24, 2.45) is 5.92 Å². The molecular weight excluding hydrogens is 809 g/mol. The van der Waals surface area contributed by atoms with Crippen molar-refractivity contribution in [2.45, 2.75) is 88.8 Å². The Labute approximate surface area is 372 Å². The van der Waals surface area contributed by atoms with Crippen LogP contribution in [-0.4, -0.2) is 115 Å². The third-order valence-electron chi connectivity index (χ3n) is 14.2. The monoisotopic (exact) mass is 864 g/mol. The number of likely N-dealkylation sites (tertiary alicyclic amines) is 3. The van der Waals surface area contributed by atoms with Gasteiger partial charge in [-0.2, -0.15) is 5.10 Å². The second kappa shape index (κ2) is 18.0. The number of hydrogen-bond donors (Lipinski definition) is 2. The molecule has 3 N–H and O–H groups in total. The number of imide groups is 1. The van der Waals surface area contributed by atoms with Crippen LogP contribution in [0.25, 0.3) is 22.3 Å². The zero-order valence-corrected chi connectivity index (χ0v) is 36.2. The number of nitrogens with zero attached hydrogens (tertiary/aromatic N) is 8. The first-order valence-corrected chi connectivity index (χ1v) is 23.1. The number of nitrogen functional groups attached to an aromatic ring is 1. The van der Waals surface area contributed by atoms with Crippen LogP contribution < -0.4 is 15.8 Å². The fourth-order valence-corrected chi connectivity index (χ4v) is 10.6. The number of nitrogens with two attached hydrogens (primary N) is 1. The summed E-state index contributed by atoms with van der Waals surface area (Å²) in [6.07, 6.45) is 10.5. The molecule has 7 heterocycles. The number of ether oxygens (including phenoxy) is 1. The summed E-state index contributed by atoms with van der Waals surface area (Å²) in [7, 11) is 0. The first-order chi connectivity index (χ1) is 31.3. The van der Waals surface area contributed by atoms with Gasteiger partial charge in [0.25, 0.3) is 5.91 Å². The van der Waals surface area contributed by atoms with E-state index >= 15 is 0 Å². The number of fused-ring (bicyclic) bond motifs is 2. The van der Waals surface area contributed by atoms with Crippen molar-refractivity contribution in [3.05, 3.63) is 95.8 Å². The number of aromatic nitrogens is 4. The van der Waals surface area contributed by atoms with E-state index in [1.807, 2.05) is 70.2 Å². The fourth-order valence-electron chi connectivity index (χ4n) is 10.6. The Balaban J connectivity index is 0.682. The first kappa shape index (κ1) is 41.6. The zero-order chi connectivity index (χ0) is 43.7. The number of anilines is 1. The molecule has 15 nitrogen and oxygen atoms in total. The Morgan fingerprint density at radius 1 is 0.828 bits per heavy atom. The summed E-state index contributed by atoms with van der Waals surface area (Å²) in [6.45, 7) is 6.49. The molecule has 0 spiro atoms. The summed E-state index contributed by atoms with van der Waals surface area (Å²) in [4.78, 5) is 68.5. The molecule has 5 aliphatic heterocycles. The number of piperidine rings is 4. The maximum absolute atomic E-state index is 14.0. The van der Waals surface area contributed by atoms with Crippen LogP contribution in [0.1, 0.15) is 97.7 Å². The van der Waals surface area contributed by atoms with Crippen LogP contribution in [0.15, 0.2) is 79.1 Å². The Morgan fingerprint density at radius 3 is 2.39 bits per heavy atom. The highest BCUT2D eigenvalue weighted by Crippen LogP contribution is 2.37. The lowest BCUT2D eigenvalue weighted by molar-refractivity contribution is -0.136. The van der Waals surface area contributed by atoms with E-state index in [4.69, 9.17) is 15.6 Å². The van der Waals surface area contributed by atoms with Gasteiger partial charge in [0, 0.05) is 50.3 Å². The number of amides is 5. The summed E-state index contributed by atoms with van der Waals surface area (Å²) in [5.41, 5.74) is 11.7. The van der Waals surface area contributed by atoms with Gasteiger partial charge in [0.2, 0.25) is 11.8 Å². The van der Waals surface area contributed by atoms with Gasteiger partial charge in [-0.3, -0.25) is 19.7 Å². The summed E-state index contributed by atoms with van der Waals surface area (Å²) >= 11 is 0. The SMILES string of the molecule is Nc1ncnc2c1c(-c1ccc(Oc3ccccc3)cc1)nn2[C@@H]1CCCN(C(=O)N2CCC(CCCN3CCC(c4ccc5c(c4)CN(C4CCC(=O)NC4=O)C5=O)CC3)CC2)C1. The van der Waals surface area contributed by atoms with Gasteiger partial charge >= 0.3 is 6.03 Å². The third-order valence-corrected chi connectivity index (χ3v) is 14.2. The van der Waals surface area contributed by atoms with Gasteiger partial charge in [0.15, 0.2) is 5.65 Å². The quantitative estimate of drug-likeness (QED) is 0.143. The second-order valence-electron chi connectivity index (χ2n) is 18.2. The summed E-state index contributed by atoms with van der Waals surface area (Å²) in [5, 5.41) is 8.20. The number of carbonyl (C=O) groups excluding carboxylic acids is 4. The van der Waals surface area contributed by atoms with Crippen molar-refractivity contribution in [1.29, 1.82) is 0 Å². The van der Waals surface area contributed by atoms with Crippen molar-refractivity contribution >= 4 is 40.6 Å². The summed E-state index contributed by atoms with van der Waals surface area (Å²) in [6, 6.07) is 23.2. The molecule has 0 aliphatic carbocycles. The highest BCUT2D eigenvalue weighted by Gasteiger charge is 2.39. The molecule has 2 atom stereocenters. The number of para-hydroxylation sites is 1. The van der Waals surface area contributed by atoms with E-state index < -0.39 is 6.04 Å². The maximum atomic E-state index is 14.0. The predicted octanol–water partition coefficient (Wildman–Crippen LogP) is 6.76. The molecule has 0 radical (unpaired) electrons. The van der Waals surface area contributed by atoms with Gasteiger partial charge in [-0.05, 0) is 143 Å². The molecule has 2 aromatic heterocycles. The summed E-state index contributed by atoms with van der Waals surface area (Å²) in [5.74, 6) is 2.18. The lowest BCUT2D eigenvalue weighted by atomic mass is 9.87. The fraction of sp³-hybridized carbons (Fsp3) is 0.449. The number of nitrogens with one attached hydrogen (secondary N) is 1. The minimum atomic E-state index is -0.589. The minimum Gasteiger partial charge on any atom is -0.457 e. The number of hydrogen-bond acceptors (Lipinski definition) is 10. The van der Waals surface area contributed by atoms with Crippen LogP contribution in [0.4, 0.5) is 10.6 Å². The molecule has 4 fully saturated rings. The van der Waals surface area contributed by atoms with Crippen LogP contribution in [0.5, 0.6) is 11.5 Å². The molecule has 332 valence electrons. The van der Waals surface area contributed by atoms with E-state index in [-0.39, 0.29) is 36.2 Å². The first-order valence-electron chi connectivity index (χ1n) is 23.1. The van der Waals surface area contributed by atoms with Crippen molar-refractivity contribution in [3.8, 4) is 22.8 Å². The molecule has 5 aromatic rings. The zero-order valence-electron chi connectivity index (χ0n) is 36.2. The molecular formula is C49H56N10O5. The predicted molar refractivity (Wildman–Crippen MR) is 241 cm³/mol. The van der Waals surface area contributed by atoms with Crippen LogP contribution in [0.3, 0.4) is 0 Å². The molecule has 1 unspecified atom stereocenters. The van der Waals surface area contributed by atoms with Crippen molar-refractivity contribution in [2.75, 3.05) is 51.5 Å². The van der Waals surface area contributed by atoms with E-state index in [2.05, 4.69) is 37.2 Å². The van der Waals surface area contributed by atoms with Gasteiger partial charge in [0.1, 0.15) is 35.4 Å². The Morgan fingerprint density at radius 2 is 1.61 bits per heavy atom. The Kier molecular flexibility index (Phi) is 11.7. The maximum Gasteiger partial charge on any atom is 0.320 e. The standard InChI is InChI=1S/C49H56N10O5/c50-45-43-44(34-10-13-39(14-11-34)64-38-8-2-1-3-9-38)54-59(46(43)52-31-51-45)37-7-5-23-57(30-37)49(63)56-26-18-32(19-27-56)6-4-22-55-24-20-33(21-25-55)35-12-15-40-36(28-35)29-58(48(40)62)41-16-17-42(60)53-47(41)61/h1-3,8-15,28,31-33,37,41H,4-7,16-27,29-30H2,(H2,50,51,52)(H,53,60,61)/t37-,41?/m1/s1. The van der Waals surface area contributed by atoms with Crippen LogP contribution in [0.2, 0.25) is 0 Å². The van der Waals surface area contributed by atoms with E-state index in [1.165, 1.54) is 18.3 Å². The van der Waals surface area contributed by atoms with Gasteiger partial charge in [-0.1, -0.05) is 30.3 Å². The number of benzene rings is 3. The molecule has 0 bridgehead atoms. The van der Waals surface area contributed by atoms with E-state index in [0.717, 1.165) is 107 Å². The lowest BCUT2D eigenvalue weighted by Gasteiger charge is -2.39. The Hall–Kier alpha value is -6.35. The van der Waals surface area contributed by atoms with Gasteiger partial charge in [0.05, 0.1) is 11.4 Å². The van der Waals surface area contributed by atoms with Gasteiger partial charge < -0.3 is 30.1 Å². The van der Waals surface area contributed by atoms with Crippen LogP contribution >= 0.6 is 0 Å². The number of urea groups is 1. The molecule has 10 rings (SSSR count). The third kappa shape index (κ3) is 8.52. The number of rotatable bonds is 10. The van der Waals surface area contributed by atoms with Crippen LogP contribution in [0, 0.1) is 5.92 Å². The van der Waals surface area contributed by atoms with Crippen molar-refractivity contribution in [1.82, 2.24) is 44.7 Å². The van der Waals surface area contributed by atoms with Crippen molar-refractivity contribution < 1.29 is 23.9 Å². The molecule has 15 heteroatoms. The van der Waals surface area contributed by atoms with E-state index in [0.29, 0.717) is 59.5 Å². The molecule has 64 heavy (non-hydrogen) atoms. The van der Waals surface area contributed by atoms with Crippen LogP contribution in [-0.2, 0) is 16.1 Å². The van der Waals surface area contributed by atoms with Gasteiger partial charge in [-0.15, -0.1) is 0 Å². The normalized spacial score (nSPS) is 21.4. The summed E-state index contributed by atoms with van der Waals surface area (Å²) < 4.78 is 7.98. The van der Waals surface area contributed by atoms with Gasteiger partial charge in [-0.25, -0.2) is 19.4 Å². The molecule has 5 amide bonds.